The van der Waals surface area contributed by atoms with Crippen LogP contribution in [0.25, 0.3) is 0 Å². The second-order valence-electron chi connectivity index (χ2n) is 5.31. The molecule has 2 aromatic rings. The Morgan fingerprint density at radius 2 is 2.00 bits per heavy atom. The van der Waals surface area contributed by atoms with Crippen LogP contribution >= 0.6 is 24.0 Å². The molecule has 2 rings (SSSR count). The summed E-state index contributed by atoms with van der Waals surface area (Å²) in [6.07, 6.45) is 1.84. The first-order valence-corrected chi connectivity index (χ1v) is 7.48. The predicted molar refractivity (Wildman–Crippen MR) is 104 cm³/mol. The molecule has 2 atom stereocenters. The van der Waals surface area contributed by atoms with Gasteiger partial charge >= 0.3 is 0 Å². The molecule has 0 amide bonds. The molecule has 1 heterocycles. The maximum absolute atomic E-state index is 9.86. The van der Waals surface area contributed by atoms with Crippen molar-refractivity contribution in [3.63, 3.8) is 0 Å². The van der Waals surface area contributed by atoms with Crippen molar-refractivity contribution < 1.29 is 9.52 Å². The number of furan rings is 1. The molecule has 0 radical (unpaired) electrons. The van der Waals surface area contributed by atoms with Gasteiger partial charge in [-0.15, -0.1) is 24.0 Å². The van der Waals surface area contributed by atoms with Crippen molar-refractivity contribution in [2.24, 2.45) is 10.7 Å². The quantitative estimate of drug-likeness (QED) is 0.370. The maximum Gasteiger partial charge on any atom is 0.193 e. The Kier molecular flexibility index (Phi) is 8.11. The minimum absolute atomic E-state index is 0. The number of nitrogens with one attached hydrogen (secondary N) is 1. The fourth-order valence-electron chi connectivity index (χ4n) is 2.07. The highest BCUT2D eigenvalue weighted by molar-refractivity contribution is 14.0. The second-order valence-corrected chi connectivity index (χ2v) is 5.31. The molecule has 1 aromatic heterocycles. The molecule has 0 bridgehead atoms. The van der Waals surface area contributed by atoms with Gasteiger partial charge in [0.2, 0.25) is 0 Å². The van der Waals surface area contributed by atoms with E-state index in [1.54, 1.807) is 12.1 Å². The Morgan fingerprint density at radius 3 is 2.57 bits per heavy atom. The zero-order chi connectivity index (χ0) is 15.9. The smallest absolute Gasteiger partial charge is 0.193 e. The number of aliphatic hydroxyl groups is 1. The van der Waals surface area contributed by atoms with Gasteiger partial charge in [-0.2, -0.15) is 0 Å². The molecular weight excluding hydrogens is 405 g/mol. The Morgan fingerprint density at radius 1 is 1.30 bits per heavy atom. The highest BCUT2D eigenvalue weighted by Crippen LogP contribution is 2.20. The van der Waals surface area contributed by atoms with Crippen LogP contribution in [-0.4, -0.2) is 17.6 Å². The molecule has 2 unspecified atom stereocenters. The van der Waals surface area contributed by atoms with Crippen molar-refractivity contribution in [2.75, 3.05) is 11.9 Å². The molecule has 0 aliphatic rings. The lowest BCUT2D eigenvalue weighted by molar-refractivity contribution is 0.158. The van der Waals surface area contributed by atoms with Gasteiger partial charge in [0.15, 0.2) is 5.96 Å². The number of hydrogen-bond donors (Lipinski definition) is 3. The Labute approximate surface area is 154 Å². The van der Waals surface area contributed by atoms with Gasteiger partial charge in [-0.25, -0.2) is 4.99 Å². The van der Waals surface area contributed by atoms with Crippen LogP contribution in [0, 0.1) is 0 Å². The van der Waals surface area contributed by atoms with E-state index in [-0.39, 0.29) is 36.5 Å². The number of nitrogens with zero attached hydrogens (tertiary/aromatic N) is 1. The van der Waals surface area contributed by atoms with Crippen LogP contribution in [-0.2, 0) is 0 Å². The van der Waals surface area contributed by atoms with Gasteiger partial charge in [-0.3, -0.25) is 0 Å². The number of hydrogen-bond acceptors (Lipinski definition) is 3. The van der Waals surface area contributed by atoms with E-state index in [2.05, 4.69) is 36.3 Å². The van der Waals surface area contributed by atoms with Crippen LogP contribution in [0.1, 0.15) is 43.6 Å². The van der Waals surface area contributed by atoms with Crippen molar-refractivity contribution in [1.29, 1.82) is 0 Å². The van der Waals surface area contributed by atoms with Gasteiger partial charge in [0.05, 0.1) is 12.8 Å². The minimum Gasteiger partial charge on any atom is -0.467 e. The summed E-state index contributed by atoms with van der Waals surface area (Å²) in [6.45, 7) is 4.53. The lowest BCUT2D eigenvalue weighted by Gasteiger charge is -2.11. The number of guanidine groups is 1. The van der Waals surface area contributed by atoms with Crippen LogP contribution in [0.15, 0.2) is 52.1 Å². The van der Waals surface area contributed by atoms with Crippen molar-refractivity contribution in [3.8, 4) is 0 Å². The summed E-state index contributed by atoms with van der Waals surface area (Å²) >= 11 is 0. The first-order valence-electron chi connectivity index (χ1n) is 7.48. The molecule has 0 fully saturated rings. The van der Waals surface area contributed by atoms with Gasteiger partial charge in [0.25, 0.3) is 0 Å². The van der Waals surface area contributed by atoms with Crippen molar-refractivity contribution in [3.05, 3.63) is 54.0 Å². The normalized spacial score (nSPS) is 14.0. The standard InChI is InChI=1S/C17H23N3O2.HI/c1-3-12(2)13-6-8-14(9-7-13)20-17(18)19-11-15(21)16-5-4-10-22-16;/h4-10,12,15,21H,3,11H2,1-2H3,(H3,18,19,20);1H. The van der Waals surface area contributed by atoms with Gasteiger partial charge in [-0.05, 0) is 42.2 Å². The highest BCUT2D eigenvalue weighted by Gasteiger charge is 2.09. The second kappa shape index (κ2) is 9.57. The number of halogens is 1. The Bertz CT molecular complexity index is 597. The molecule has 6 heteroatoms. The summed E-state index contributed by atoms with van der Waals surface area (Å²) in [7, 11) is 0. The Balaban J connectivity index is 0.00000264. The molecule has 4 N–H and O–H groups in total. The third kappa shape index (κ3) is 5.87. The molecule has 5 nitrogen and oxygen atoms in total. The van der Waals surface area contributed by atoms with E-state index < -0.39 is 6.10 Å². The summed E-state index contributed by atoms with van der Waals surface area (Å²) < 4.78 is 5.11. The zero-order valence-corrected chi connectivity index (χ0v) is 15.7. The molecule has 0 saturated heterocycles. The molecule has 0 aliphatic heterocycles. The predicted octanol–water partition coefficient (Wildman–Crippen LogP) is 3.87. The topological polar surface area (TPSA) is 83.8 Å². The van der Waals surface area contributed by atoms with E-state index >= 15 is 0 Å². The van der Waals surface area contributed by atoms with Gasteiger partial charge < -0.3 is 20.6 Å². The zero-order valence-electron chi connectivity index (χ0n) is 13.4. The van der Waals surface area contributed by atoms with Crippen LogP contribution in [0.3, 0.4) is 0 Å². The van der Waals surface area contributed by atoms with Crippen molar-refractivity contribution in [1.82, 2.24) is 0 Å². The third-order valence-corrected chi connectivity index (χ3v) is 3.67. The molecule has 0 saturated carbocycles. The monoisotopic (exact) mass is 429 g/mol. The number of benzene rings is 1. The van der Waals surface area contributed by atoms with Crippen molar-refractivity contribution in [2.45, 2.75) is 32.3 Å². The SMILES string of the molecule is CCC(C)c1ccc(NC(N)=NCC(O)c2ccco2)cc1.I. The first-order chi connectivity index (χ1) is 10.6. The summed E-state index contributed by atoms with van der Waals surface area (Å²) in [4.78, 5) is 4.12. The molecule has 0 spiro atoms. The fourth-order valence-corrected chi connectivity index (χ4v) is 2.07. The summed E-state index contributed by atoms with van der Waals surface area (Å²) in [5, 5.41) is 12.9. The average Bonchev–Trinajstić information content (AvgIpc) is 3.07. The summed E-state index contributed by atoms with van der Waals surface area (Å²) in [5.74, 6) is 1.29. The van der Waals surface area contributed by atoms with Gasteiger partial charge in [0, 0.05) is 5.69 Å². The van der Waals surface area contributed by atoms with E-state index in [1.807, 2.05) is 12.1 Å². The largest absolute Gasteiger partial charge is 0.467 e. The maximum atomic E-state index is 9.86. The van der Waals surface area contributed by atoms with E-state index in [1.165, 1.54) is 11.8 Å². The summed E-state index contributed by atoms with van der Waals surface area (Å²) in [6, 6.07) is 11.6. The fraction of sp³-hybridized carbons (Fsp3) is 0.353. The van der Waals surface area contributed by atoms with E-state index in [0.717, 1.165) is 12.1 Å². The van der Waals surface area contributed by atoms with Crippen molar-refractivity contribution >= 4 is 35.6 Å². The molecule has 23 heavy (non-hydrogen) atoms. The minimum atomic E-state index is -0.789. The lowest BCUT2D eigenvalue weighted by atomic mass is 9.99. The molecule has 0 aliphatic carbocycles. The summed E-state index contributed by atoms with van der Waals surface area (Å²) in [5.41, 5.74) is 8.01. The number of aliphatic imine (C=N–C) groups is 1. The van der Waals surface area contributed by atoms with Crippen LogP contribution in [0.5, 0.6) is 0 Å². The Hall–Kier alpha value is -1.54. The molecule has 126 valence electrons. The van der Waals surface area contributed by atoms with Crippen LogP contribution < -0.4 is 11.1 Å². The van der Waals surface area contributed by atoms with E-state index in [9.17, 15) is 5.11 Å². The molecule has 1 aromatic carbocycles. The number of aliphatic hydroxyl groups excluding tert-OH is 1. The average molecular weight is 429 g/mol. The highest BCUT2D eigenvalue weighted by atomic mass is 127. The van der Waals surface area contributed by atoms with Crippen LogP contribution in [0.4, 0.5) is 5.69 Å². The lowest BCUT2D eigenvalue weighted by Crippen LogP contribution is -2.23. The number of rotatable bonds is 6. The first kappa shape index (κ1) is 19.5. The van der Waals surface area contributed by atoms with E-state index in [0.29, 0.717) is 11.7 Å². The van der Waals surface area contributed by atoms with Gasteiger partial charge in [-0.1, -0.05) is 26.0 Å². The van der Waals surface area contributed by atoms with Gasteiger partial charge in [0.1, 0.15) is 11.9 Å². The van der Waals surface area contributed by atoms with Crippen LogP contribution in [0.2, 0.25) is 0 Å². The number of anilines is 1. The van der Waals surface area contributed by atoms with E-state index in [4.69, 9.17) is 10.2 Å². The molecular formula is C17H24IN3O2. The number of nitrogens with two attached hydrogens (primary N) is 1. The third-order valence-electron chi connectivity index (χ3n) is 3.67.